The van der Waals surface area contributed by atoms with Gasteiger partial charge in [-0.2, -0.15) is 0 Å². The molecule has 18 nitrogen and oxygen atoms in total. The van der Waals surface area contributed by atoms with Gasteiger partial charge < -0.3 is 45.7 Å². The number of aromatic nitrogens is 3. The number of rotatable bonds is 17. The highest BCUT2D eigenvalue weighted by Crippen LogP contribution is 2.37. The van der Waals surface area contributed by atoms with E-state index in [9.17, 15) is 24.0 Å². The van der Waals surface area contributed by atoms with E-state index >= 15 is 0 Å². The number of carbonyl (C=O) groups is 5. The molecule has 5 aliphatic heterocycles. The summed E-state index contributed by atoms with van der Waals surface area (Å²) < 4.78 is 6.67. The molecule has 2 aromatic heterocycles. The Balaban J connectivity index is 0.589. The molecule has 2 aliphatic carbocycles. The Labute approximate surface area is 463 Å². The van der Waals surface area contributed by atoms with Gasteiger partial charge in [0, 0.05) is 114 Å². The molecule has 0 radical (unpaired) electrons. The summed E-state index contributed by atoms with van der Waals surface area (Å²) in [6, 6.07) is 16.6. The van der Waals surface area contributed by atoms with Gasteiger partial charge >= 0.3 is 0 Å². The van der Waals surface area contributed by atoms with Crippen LogP contribution in [0, 0.1) is 11.8 Å². The van der Waals surface area contributed by atoms with Gasteiger partial charge in [-0.25, -0.2) is 9.97 Å². The molecule has 2 saturated carbocycles. The largest absolute Gasteiger partial charge is 0.375 e. The summed E-state index contributed by atoms with van der Waals surface area (Å²) in [4.78, 5) is 92.8. The predicted octanol–water partition coefficient (Wildman–Crippen LogP) is 5.49. The third-order valence-electron chi connectivity index (χ3n) is 18.2. The number of amides is 5. The standard InChI is InChI=1S/C59H79ClN12O6/c60-46-14-12-41(13-15-46)50(65-58(77)59(61)22-30-70(31-23-59)54-49-16-24-62-53(49)63-39-64-54)21-27-67-32-34-69(35-33-67)51(73)38-68-25-17-47(18-26-68)78-48-19-28-71(29-20-48)57(76)52(42-4-2-1-3-5-42)66-55(74)43-8-6-40(7-9-43)45-36-72(37-45)56(75)44-10-11-44/h6-9,12-16,24,39,42,44-45,47-48,50,52H,1-5,10-11,17-23,25-38,61H2,(H,65,77)(H,66,74)(H,62,63,64)/t50?,52-/m1/s1. The molecule has 19 heteroatoms. The summed E-state index contributed by atoms with van der Waals surface area (Å²) in [5.74, 6) is 1.63. The minimum atomic E-state index is -1.02. The number of benzene rings is 2. The normalized spacial score (nSPS) is 22.2. The second kappa shape index (κ2) is 24.4. The number of hydrogen-bond acceptors (Lipinski definition) is 12. The van der Waals surface area contributed by atoms with E-state index in [4.69, 9.17) is 22.1 Å². The van der Waals surface area contributed by atoms with Crippen LogP contribution in [0.5, 0.6) is 0 Å². The summed E-state index contributed by atoms with van der Waals surface area (Å²) in [5.41, 5.74) is 9.33. The number of carbonyl (C=O) groups excluding carboxylic acids is 5. The second-order valence-electron chi connectivity index (χ2n) is 23.5. The van der Waals surface area contributed by atoms with Crippen LogP contribution in [-0.4, -0.2) is 184 Å². The van der Waals surface area contributed by atoms with Crippen molar-refractivity contribution in [3.05, 3.63) is 88.8 Å². The number of fused-ring (bicyclic) bond motifs is 1. The van der Waals surface area contributed by atoms with Crippen LogP contribution in [0.15, 0.2) is 67.1 Å². The Hall–Kier alpha value is -5.66. The highest BCUT2D eigenvalue weighted by atomic mass is 35.5. The van der Waals surface area contributed by atoms with E-state index < -0.39 is 11.6 Å². The van der Waals surface area contributed by atoms with Gasteiger partial charge in [0.1, 0.15) is 23.8 Å². The number of nitrogens with two attached hydrogens (primary N) is 1. The van der Waals surface area contributed by atoms with E-state index in [1.54, 1.807) is 6.33 Å². The smallest absolute Gasteiger partial charge is 0.251 e. The van der Waals surface area contributed by atoms with Crippen molar-refractivity contribution in [2.24, 2.45) is 17.6 Å². The first-order valence-electron chi connectivity index (χ1n) is 29.2. The topological polar surface area (TPSA) is 206 Å². The van der Waals surface area contributed by atoms with Crippen LogP contribution >= 0.6 is 11.6 Å². The van der Waals surface area contributed by atoms with Crippen LogP contribution < -0.4 is 21.3 Å². The Morgan fingerprint density at radius 3 is 2.08 bits per heavy atom. The van der Waals surface area contributed by atoms with Crippen LogP contribution in [0.2, 0.25) is 5.02 Å². The molecule has 2 aromatic carbocycles. The van der Waals surface area contributed by atoms with Gasteiger partial charge in [0.2, 0.25) is 23.6 Å². The Kier molecular flexibility index (Phi) is 17.0. The quantitative estimate of drug-likeness (QED) is 0.104. The van der Waals surface area contributed by atoms with Crippen molar-refractivity contribution in [2.45, 2.75) is 126 Å². The van der Waals surface area contributed by atoms with Crippen molar-refractivity contribution in [3.8, 4) is 0 Å². The van der Waals surface area contributed by atoms with E-state index in [2.05, 4.69) is 40.3 Å². The first-order chi connectivity index (χ1) is 37.9. The average Bonchev–Trinajstić information content (AvgIpc) is 4.21. The summed E-state index contributed by atoms with van der Waals surface area (Å²) in [6.45, 7) is 9.53. The van der Waals surface area contributed by atoms with Crippen molar-refractivity contribution in [1.29, 1.82) is 0 Å². The number of hydrogen-bond donors (Lipinski definition) is 4. The van der Waals surface area contributed by atoms with Gasteiger partial charge in [0.25, 0.3) is 5.91 Å². The maximum Gasteiger partial charge on any atom is 0.251 e. The maximum atomic E-state index is 14.3. The van der Waals surface area contributed by atoms with Crippen LogP contribution in [-0.2, 0) is 23.9 Å². The first kappa shape index (κ1) is 54.3. The zero-order chi connectivity index (χ0) is 53.8. The van der Waals surface area contributed by atoms with Crippen molar-refractivity contribution in [2.75, 3.05) is 96.5 Å². The van der Waals surface area contributed by atoms with Gasteiger partial charge in [-0.15, -0.1) is 0 Å². The van der Waals surface area contributed by atoms with E-state index in [0.29, 0.717) is 81.6 Å². The first-order valence-corrected chi connectivity index (χ1v) is 29.6. The highest BCUT2D eigenvalue weighted by Gasteiger charge is 2.42. The number of piperazine rings is 1. The zero-order valence-corrected chi connectivity index (χ0v) is 45.9. The minimum Gasteiger partial charge on any atom is -0.375 e. The van der Waals surface area contributed by atoms with Crippen LogP contribution in [0.25, 0.3) is 11.0 Å². The zero-order valence-electron chi connectivity index (χ0n) is 45.2. The fraction of sp³-hybridized carbons (Fsp3) is 0.610. The molecule has 5 N–H and O–H groups in total. The van der Waals surface area contributed by atoms with Gasteiger partial charge in [0.15, 0.2) is 0 Å². The summed E-state index contributed by atoms with van der Waals surface area (Å²) >= 11 is 6.29. The van der Waals surface area contributed by atoms with Gasteiger partial charge in [-0.05, 0) is 118 Å². The lowest BCUT2D eigenvalue weighted by Crippen LogP contribution is -2.60. The number of nitrogens with zero attached hydrogens (tertiary/aromatic N) is 8. The Morgan fingerprint density at radius 2 is 1.40 bits per heavy atom. The average molecular weight is 1090 g/mol. The molecule has 0 bridgehead atoms. The van der Waals surface area contributed by atoms with E-state index in [-0.39, 0.29) is 59.6 Å². The van der Waals surface area contributed by atoms with Gasteiger partial charge in [0.05, 0.1) is 35.7 Å². The Morgan fingerprint density at radius 1 is 0.718 bits per heavy atom. The molecular formula is C59H79ClN12O6. The molecule has 1 unspecified atom stereocenters. The summed E-state index contributed by atoms with van der Waals surface area (Å²) in [6.07, 6.45) is 15.8. The molecule has 5 amide bonds. The third-order valence-corrected chi connectivity index (χ3v) is 18.5. The number of aromatic amines is 1. The number of H-pyrrole nitrogens is 1. The van der Waals surface area contributed by atoms with Crippen LogP contribution in [0.3, 0.4) is 0 Å². The number of piperidine rings is 3. The molecule has 7 heterocycles. The maximum absolute atomic E-state index is 14.3. The lowest BCUT2D eigenvalue weighted by atomic mass is 9.83. The van der Waals surface area contributed by atoms with E-state index in [1.165, 1.54) is 0 Å². The molecule has 11 rings (SSSR count). The summed E-state index contributed by atoms with van der Waals surface area (Å²) in [5, 5.41) is 8.12. The molecule has 7 aliphatic rings. The minimum absolute atomic E-state index is 0.0240. The monoisotopic (exact) mass is 1090 g/mol. The van der Waals surface area contributed by atoms with Crippen LogP contribution in [0.1, 0.15) is 123 Å². The van der Waals surface area contributed by atoms with E-state index in [1.807, 2.05) is 75.5 Å². The summed E-state index contributed by atoms with van der Waals surface area (Å²) in [7, 11) is 0. The van der Waals surface area contributed by atoms with Crippen molar-refractivity contribution < 1.29 is 28.7 Å². The Bertz CT molecular complexity index is 2710. The SMILES string of the molecule is NC1(C(=O)NC(CCN2CCN(C(=O)CN3CCC(OC4CCN(C(=O)[C@H](NC(=O)c5ccc(C6CN(C(=O)C7CC7)C6)cc5)C5CCCCC5)CC4)CC3)CC2)c2ccc(Cl)cc2)CCN(c2ncnc3[nH]ccc23)CC1. The van der Waals surface area contributed by atoms with Crippen molar-refractivity contribution in [1.82, 2.24) is 50.1 Å². The molecule has 78 heavy (non-hydrogen) atoms. The molecule has 5 saturated heterocycles. The molecule has 418 valence electrons. The number of nitrogens with one attached hydrogen (secondary N) is 3. The molecular weight excluding hydrogens is 1010 g/mol. The fourth-order valence-electron chi connectivity index (χ4n) is 12.9. The number of halogens is 1. The lowest BCUT2D eigenvalue weighted by molar-refractivity contribution is -0.140. The number of anilines is 1. The lowest BCUT2D eigenvalue weighted by Gasteiger charge is -2.40. The second-order valence-corrected chi connectivity index (χ2v) is 23.9. The van der Waals surface area contributed by atoms with Crippen molar-refractivity contribution >= 4 is 58.0 Å². The van der Waals surface area contributed by atoms with Crippen LogP contribution in [0.4, 0.5) is 5.82 Å². The van der Waals surface area contributed by atoms with Gasteiger partial charge in [-0.1, -0.05) is 55.1 Å². The van der Waals surface area contributed by atoms with Gasteiger partial charge in [-0.3, -0.25) is 33.8 Å². The third kappa shape index (κ3) is 12.8. The number of ether oxygens (including phenoxy) is 1. The highest BCUT2D eigenvalue weighted by molar-refractivity contribution is 6.30. The number of likely N-dealkylation sites (tertiary alicyclic amines) is 3. The molecule has 4 aromatic rings. The predicted molar refractivity (Wildman–Crippen MR) is 299 cm³/mol. The van der Waals surface area contributed by atoms with E-state index in [0.717, 1.165) is 144 Å². The van der Waals surface area contributed by atoms with Crippen molar-refractivity contribution in [3.63, 3.8) is 0 Å². The molecule has 0 spiro atoms. The molecule has 2 atom stereocenters. The fourth-order valence-corrected chi connectivity index (χ4v) is 13.0. The molecule has 7 fully saturated rings.